The van der Waals surface area contributed by atoms with Crippen molar-refractivity contribution in [3.63, 3.8) is 0 Å². The predicted molar refractivity (Wildman–Crippen MR) is 258 cm³/mol. The molecule has 0 heterocycles. The standard InChI is InChI=1S/C50H85N3O18/c1-32(2)44(50(64)65)53-43(61)30-24-28-41(67-34(4)55)46(69-36(6)57)48(71-38(8)59)47(70-37(7)58)45(68-35(5)56)40(66-33(3)54)27-22-20-18-16-14-12-10-9-11-13-15-17-19-21-23-29-42(60)52-39(49(62)63)26-25-31-51/h32,39-41,44-48H,9-31,51H2,1-8H3,(H,52,60)(H,53,61)(H,62,63)(H,64,65)/t39-,40-,41+,44+,45+,46+,47+,48+/m1/s1. The highest BCUT2D eigenvalue weighted by Crippen LogP contribution is 2.29. The zero-order valence-electron chi connectivity index (χ0n) is 43.5. The molecule has 0 fully saturated rings. The maximum Gasteiger partial charge on any atom is 0.326 e. The quantitative estimate of drug-likeness (QED) is 0.0270. The van der Waals surface area contributed by atoms with Crippen LogP contribution in [0.5, 0.6) is 0 Å². The number of ether oxygens (including phenoxy) is 6. The second kappa shape index (κ2) is 38.4. The number of hydrogen-bond acceptors (Lipinski definition) is 17. The Kier molecular flexibility index (Phi) is 35.5. The van der Waals surface area contributed by atoms with E-state index in [0.29, 0.717) is 38.6 Å². The molecule has 0 aromatic carbocycles. The third kappa shape index (κ3) is 32.3. The molecule has 0 aliphatic heterocycles. The lowest BCUT2D eigenvalue weighted by molar-refractivity contribution is -0.219. The normalized spacial score (nSPS) is 14.5. The summed E-state index contributed by atoms with van der Waals surface area (Å²) in [6.07, 6.45) is 5.34. The summed E-state index contributed by atoms with van der Waals surface area (Å²) in [6, 6.07) is -2.08. The Morgan fingerprint density at radius 3 is 1.06 bits per heavy atom. The fourth-order valence-electron chi connectivity index (χ4n) is 8.12. The number of amides is 2. The average molecular weight is 1020 g/mol. The first-order valence-corrected chi connectivity index (χ1v) is 25.3. The molecular weight excluding hydrogens is 931 g/mol. The molecule has 6 N–H and O–H groups in total. The summed E-state index contributed by atoms with van der Waals surface area (Å²) in [7, 11) is 0. The molecule has 0 rings (SSSR count). The van der Waals surface area contributed by atoms with Gasteiger partial charge in [-0.3, -0.25) is 38.4 Å². The summed E-state index contributed by atoms with van der Waals surface area (Å²) < 4.78 is 33.9. The van der Waals surface area contributed by atoms with E-state index in [1.807, 2.05) is 0 Å². The van der Waals surface area contributed by atoms with Crippen molar-refractivity contribution < 1.29 is 86.6 Å². The number of carboxylic acids is 2. The largest absolute Gasteiger partial charge is 0.480 e. The Morgan fingerprint density at radius 1 is 0.394 bits per heavy atom. The van der Waals surface area contributed by atoms with Gasteiger partial charge < -0.3 is 55.0 Å². The first-order chi connectivity index (χ1) is 33.5. The van der Waals surface area contributed by atoms with Gasteiger partial charge in [0.2, 0.25) is 11.8 Å². The van der Waals surface area contributed by atoms with E-state index >= 15 is 0 Å². The van der Waals surface area contributed by atoms with Crippen molar-refractivity contribution in [1.29, 1.82) is 0 Å². The van der Waals surface area contributed by atoms with Crippen molar-refractivity contribution in [3.05, 3.63) is 0 Å². The zero-order chi connectivity index (χ0) is 53.9. The maximum absolute atomic E-state index is 12.8. The van der Waals surface area contributed by atoms with Gasteiger partial charge in [-0.15, -0.1) is 0 Å². The number of nitrogens with two attached hydrogens (primary N) is 1. The summed E-state index contributed by atoms with van der Waals surface area (Å²) in [5.74, 6) is -8.98. The van der Waals surface area contributed by atoms with E-state index in [-0.39, 0.29) is 31.6 Å². The number of nitrogens with one attached hydrogen (secondary N) is 2. The molecule has 0 bridgehead atoms. The van der Waals surface area contributed by atoms with Gasteiger partial charge >= 0.3 is 47.8 Å². The molecule has 0 saturated carbocycles. The zero-order valence-corrected chi connectivity index (χ0v) is 43.5. The van der Waals surface area contributed by atoms with E-state index in [9.17, 15) is 58.2 Å². The van der Waals surface area contributed by atoms with E-state index in [2.05, 4.69) is 10.6 Å². The van der Waals surface area contributed by atoms with Crippen LogP contribution in [0.25, 0.3) is 0 Å². The average Bonchev–Trinajstić information content (AvgIpc) is 3.26. The second-order valence-electron chi connectivity index (χ2n) is 18.3. The van der Waals surface area contributed by atoms with Crippen LogP contribution in [-0.2, 0) is 76.4 Å². The number of carbonyl (C=O) groups is 10. The van der Waals surface area contributed by atoms with Gasteiger partial charge in [0.1, 0.15) is 24.3 Å². The van der Waals surface area contributed by atoms with E-state index < -0.39 is 108 Å². The third-order valence-corrected chi connectivity index (χ3v) is 11.4. The summed E-state index contributed by atoms with van der Waals surface area (Å²) in [5.41, 5.74) is 5.45. The maximum atomic E-state index is 12.8. The number of carboxylic acid groups (broad SMARTS) is 2. The monoisotopic (exact) mass is 1020 g/mol. The minimum atomic E-state index is -1.84. The molecule has 0 aliphatic rings. The predicted octanol–water partition coefficient (Wildman–Crippen LogP) is 5.91. The molecule has 0 unspecified atom stereocenters. The van der Waals surface area contributed by atoms with E-state index in [4.69, 9.17) is 34.2 Å². The Balaban J connectivity index is 5.66. The number of esters is 6. The molecule has 2 amide bonds. The van der Waals surface area contributed by atoms with Crippen LogP contribution in [0.1, 0.15) is 197 Å². The number of rotatable bonds is 41. The highest BCUT2D eigenvalue weighted by atomic mass is 16.7. The van der Waals surface area contributed by atoms with Crippen LogP contribution in [0, 0.1) is 5.92 Å². The summed E-state index contributed by atoms with van der Waals surface area (Å²) in [6.45, 7) is 9.93. The van der Waals surface area contributed by atoms with Gasteiger partial charge in [0.15, 0.2) is 24.4 Å². The van der Waals surface area contributed by atoms with Crippen molar-refractivity contribution in [2.75, 3.05) is 6.54 Å². The molecule has 8 atom stereocenters. The Hall–Kier alpha value is -5.34. The number of hydrogen-bond donors (Lipinski definition) is 5. The lowest BCUT2D eigenvalue weighted by atomic mass is 9.91. The molecule has 21 heteroatoms. The first kappa shape index (κ1) is 65.7. The summed E-state index contributed by atoms with van der Waals surface area (Å²) in [5, 5.41) is 23.8. The van der Waals surface area contributed by atoms with E-state index in [1.54, 1.807) is 13.8 Å². The smallest absolute Gasteiger partial charge is 0.326 e. The van der Waals surface area contributed by atoms with Gasteiger partial charge in [0, 0.05) is 54.4 Å². The van der Waals surface area contributed by atoms with Crippen LogP contribution in [0.2, 0.25) is 0 Å². The summed E-state index contributed by atoms with van der Waals surface area (Å²) in [4.78, 5) is 124. The van der Waals surface area contributed by atoms with E-state index in [1.165, 1.54) is 0 Å². The molecule has 0 aliphatic carbocycles. The van der Waals surface area contributed by atoms with Crippen LogP contribution in [0.15, 0.2) is 0 Å². The Bertz CT molecular complexity index is 1660. The van der Waals surface area contributed by atoms with Gasteiger partial charge in [-0.05, 0) is 57.4 Å². The van der Waals surface area contributed by atoms with Crippen LogP contribution in [0.3, 0.4) is 0 Å². The topological polar surface area (TPSA) is 317 Å². The van der Waals surface area contributed by atoms with Crippen molar-refractivity contribution in [1.82, 2.24) is 10.6 Å². The lowest BCUT2D eigenvalue weighted by Crippen LogP contribution is -2.58. The van der Waals surface area contributed by atoms with Gasteiger partial charge in [-0.1, -0.05) is 97.3 Å². The van der Waals surface area contributed by atoms with Gasteiger partial charge in [0.25, 0.3) is 0 Å². The van der Waals surface area contributed by atoms with Crippen LogP contribution >= 0.6 is 0 Å². The molecule has 0 aromatic heterocycles. The molecule has 0 spiro atoms. The van der Waals surface area contributed by atoms with Crippen molar-refractivity contribution in [3.8, 4) is 0 Å². The molecule has 0 aromatic rings. The van der Waals surface area contributed by atoms with Crippen LogP contribution in [0.4, 0.5) is 0 Å². The minimum Gasteiger partial charge on any atom is -0.480 e. The molecular formula is C50H85N3O18. The molecule has 408 valence electrons. The fourth-order valence-corrected chi connectivity index (χ4v) is 8.12. The van der Waals surface area contributed by atoms with Gasteiger partial charge in [-0.25, -0.2) is 9.59 Å². The first-order valence-electron chi connectivity index (χ1n) is 25.3. The third-order valence-electron chi connectivity index (χ3n) is 11.4. The molecule has 0 saturated heterocycles. The van der Waals surface area contributed by atoms with E-state index in [0.717, 1.165) is 125 Å². The van der Waals surface area contributed by atoms with Crippen LogP contribution < -0.4 is 16.4 Å². The highest BCUT2D eigenvalue weighted by Gasteiger charge is 2.50. The molecule has 21 nitrogen and oxygen atoms in total. The fraction of sp³-hybridized carbons (Fsp3) is 0.800. The molecule has 0 radical (unpaired) electrons. The molecule has 71 heavy (non-hydrogen) atoms. The number of carbonyl (C=O) groups excluding carboxylic acids is 8. The SMILES string of the molecule is CC(=O)O[C@H]([C@@H](OC(C)=O)[C@@H](OC(C)=O)[C@@H](CCCCCCCCCCCCCCCCCC(=O)N[C@H](CCCN)C(=O)O)OC(C)=O)[C@@H](OC(C)=O)[C@H](CCCC(=O)N[C@H](C(=O)O)C(C)C)OC(C)=O. The van der Waals surface area contributed by atoms with Crippen molar-refractivity contribution in [2.24, 2.45) is 11.7 Å². The minimum absolute atomic E-state index is 0.0639. The van der Waals surface area contributed by atoms with Crippen molar-refractivity contribution >= 4 is 59.6 Å². The van der Waals surface area contributed by atoms with Crippen molar-refractivity contribution in [2.45, 2.75) is 245 Å². The summed E-state index contributed by atoms with van der Waals surface area (Å²) >= 11 is 0. The van der Waals surface area contributed by atoms with Gasteiger partial charge in [-0.2, -0.15) is 0 Å². The Labute approximate surface area is 419 Å². The second-order valence-corrected chi connectivity index (χ2v) is 18.3. The Morgan fingerprint density at radius 2 is 0.718 bits per heavy atom. The van der Waals surface area contributed by atoms with Crippen LogP contribution in [-0.4, -0.2) is 125 Å². The number of unbranched alkanes of at least 4 members (excludes halogenated alkanes) is 14. The number of aliphatic carboxylic acids is 2. The lowest BCUT2D eigenvalue weighted by Gasteiger charge is -2.40. The van der Waals surface area contributed by atoms with Gasteiger partial charge in [0.05, 0.1) is 0 Å². The highest BCUT2D eigenvalue weighted by molar-refractivity contribution is 5.84.